The Morgan fingerprint density at radius 2 is 2.00 bits per heavy atom. The molecule has 0 saturated heterocycles. The fourth-order valence-electron chi connectivity index (χ4n) is 0.264. The average molecular weight is 222 g/mol. The molecule has 0 aliphatic carbocycles. The normalized spacial score (nSPS) is 11.2. The molecule has 0 aliphatic rings. The number of hydrogen-bond donors (Lipinski definition) is 0. The molecule has 0 N–H and O–H groups in total. The molecule has 0 heterocycles. The Labute approximate surface area is 74.5 Å². The van der Waals surface area contributed by atoms with Gasteiger partial charge >= 0.3 is 12.0 Å². The minimum Gasteiger partial charge on any atom is -0.465 e. The number of halogens is 3. The first-order valence-electron chi connectivity index (χ1n) is 2.68. The number of carbonyl (C=O) groups is 1. The van der Waals surface area contributed by atoms with Gasteiger partial charge in [-0.05, 0) is 0 Å². The van der Waals surface area contributed by atoms with Gasteiger partial charge in [0.15, 0.2) is 0 Å². The summed E-state index contributed by atoms with van der Waals surface area (Å²) < 4.78 is 4.58. The quantitative estimate of drug-likeness (QED) is 0.415. The maximum Gasteiger partial charge on any atom is 0.378 e. The third-order valence-electron chi connectivity index (χ3n) is 0.685. The summed E-state index contributed by atoms with van der Waals surface area (Å²) >= 11 is 16.3. The summed E-state index contributed by atoms with van der Waals surface area (Å²) in [5, 5.41) is 0. The Morgan fingerprint density at radius 3 is 2.30 bits per heavy atom. The SMILES string of the molecule is CCC(=O)OC[Si](Cl)(Cl)Cl. The maximum absolute atomic E-state index is 10.5. The van der Waals surface area contributed by atoms with E-state index in [9.17, 15) is 4.79 Å². The highest BCUT2D eigenvalue weighted by molar-refractivity contribution is 7.64. The van der Waals surface area contributed by atoms with Crippen LogP contribution in [0.4, 0.5) is 0 Å². The Morgan fingerprint density at radius 1 is 1.50 bits per heavy atom. The number of esters is 1. The van der Waals surface area contributed by atoms with Gasteiger partial charge in [-0.1, -0.05) is 6.92 Å². The summed E-state index contributed by atoms with van der Waals surface area (Å²) in [5.74, 6) is -0.334. The molecule has 10 heavy (non-hydrogen) atoms. The van der Waals surface area contributed by atoms with Crippen LogP contribution in [0.15, 0.2) is 0 Å². The van der Waals surface area contributed by atoms with Crippen LogP contribution in [0.3, 0.4) is 0 Å². The van der Waals surface area contributed by atoms with Crippen LogP contribution < -0.4 is 0 Å². The predicted molar refractivity (Wildman–Crippen MR) is 44.6 cm³/mol. The molecule has 0 fully saturated rings. The number of ether oxygens (including phenoxy) is 1. The molecule has 0 radical (unpaired) electrons. The fourth-order valence-corrected chi connectivity index (χ4v) is 1.08. The largest absolute Gasteiger partial charge is 0.465 e. The molecule has 0 aliphatic heterocycles. The van der Waals surface area contributed by atoms with Crippen molar-refractivity contribution in [1.82, 2.24) is 0 Å². The van der Waals surface area contributed by atoms with Gasteiger partial charge in [0.25, 0.3) is 0 Å². The van der Waals surface area contributed by atoms with E-state index < -0.39 is 6.00 Å². The van der Waals surface area contributed by atoms with E-state index in [-0.39, 0.29) is 12.2 Å². The molecule has 0 amide bonds. The van der Waals surface area contributed by atoms with Crippen LogP contribution in [0, 0.1) is 0 Å². The summed E-state index contributed by atoms with van der Waals surface area (Å²) in [5.41, 5.74) is 0. The number of carbonyl (C=O) groups excluding carboxylic acids is 1. The van der Waals surface area contributed by atoms with E-state index in [0.29, 0.717) is 6.42 Å². The first kappa shape index (κ1) is 10.6. The Hall–Kier alpha value is 0.557. The van der Waals surface area contributed by atoms with Gasteiger partial charge in [-0.25, -0.2) is 0 Å². The van der Waals surface area contributed by atoms with E-state index in [2.05, 4.69) is 4.74 Å². The van der Waals surface area contributed by atoms with Gasteiger partial charge in [-0.3, -0.25) is 4.79 Å². The molecule has 2 nitrogen and oxygen atoms in total. The number of rotatable bonds is 3. The lowest BCUT2D eigenvalue weighted by atomic mass is 10.5. The van der Waals surface area contributed by atoms with Crippen molar-refractivity contribution >= 4 is 45.2 Å². The summed E-state index contributed by atoms with van der Waals surface area (Å²) in [7, 11) is 0. The van der Waals surface area contributed by atoms with Crippen LogP contribution >= 0.6 is 33.2 Å². The van der Waals surface area contributed by atoms with Crippen LogP contribution in [0.5, 0.6) is 0 Å². The monoisotopic (exact) mass is 220 g/mol. The van der Waals surface area contributed by atoms with Crippen molar-refractivity contribution in [3.05, 3.63) is 0 Å². The van der Waals surface area contributed by atoms with E-state index in [4.69, 9.17) is 33.2 Å². The zero-order valence-corrected chi connectivity index (χ0v) is 8.63. The van der Waals surface area contributed by atoms with Crippen molar-refractivity contribution in [2.75, 3.05) is 6.23 Å². The third-order valence-corrected chi connectivity index (χ3v) is 2.14. The van der Waals surface area contributed by atoms with E-state index in [1.165, 1.54) is 0 Å². The smallest absolute Gasteiger partial charge is 0.378 e. The average Bonchev–Trinajstić information content (AvgIpc) is 1.81. The second-order valence-electron chi connectivity index (χ2n) is 1.63. The minimum atomic E-state index is -2.76. The van der Waals surface area contributed by atoms with Gasteiger partial charge < -0.3 is 4.74 Å². The lowest BCUT2D eigenvalue weighted by molar-refractivity contribution is -0.141. The molecule has 60 valence electrons. The fraction of sp³-hybridized carbons (Fsp3) is 0.750. The second kappa shape index (κ2) is 4.44. The molecule has 0 unspecified atom stereocenters. The molecular weight excluding hydrogens is 214 g/mol. The highest BCUT2D eigenvalue weighted by Crippen LogP contribution is 2.19. The van der Waals surface area contributed by atoms with Crippen LogP contribution in [0.1, 0.15) is 13.3 Å². The summed E-state index contributed by atoms with van der Waals surface area (Å²) in [4.78, 5) is 10.5. The van der Waals surface area contributed by atoms with Crippen molar-refractivity contribution < 1.29 is 9.53 Å². The highest BCUT2D eigenvalue weighted by Gasteiger charge is 2.26. The predicted octanol–water partition coefficient (Wildman–Crippen LogP) is 2.13. The summed E-state index contributed by atoms with van der Waals surface area (Å²) in [6.45, 7) is 1.68. The topological polar surface area (TPSA) is 26.3 Å². The van der Waals surface area contributed by atoms with Crippen molar-refractivity contribution in [3.63, 3.8) is 0 Å². The van der Waals surface area contributed by atoms with Gasteiger partial charge in [0.1, 0.15) is 6.23 Å². The molecule has 0 rings (SSSR count). The molecule has 0 aromatic heterocycles. The van der Waals surface area contributed by atoms with E-state index >= 15 is 0 Å². The molecule has 0 atom stereocenters. The first-order chi connectivity index (χ1) is 4.45. The standard InChI is InChI=1S/C4H7Cl3O2Si/c1-2-4(8)9-3-10(5,6)7/h2-3H2,1H3. The van der Waals surface area contributed by atoms with Crippen LogP contribution in [-0.4, -0.2) is 18.2 Å². The number of hydrogen-bond acceptors (Lipinski definition) is 2. The molecule has 0 aromatic rings. The molecule has 0 spiro atoms. The van der Waals surface area contributed by atoms with Crippen molar-refractivity contribution in [2.24, 2.45) is 0 Å². The van der Waals surface area contributed by atoms with Crippen molar-refractivity contribution in [3.8, 4) is 0 Å². The zero-order valence-electron chi connectivity index (χ0n) is 5.36. The van der Waals surface area contributed by atoms with Crippen molar-refractivity contribution in [1.29, 1.82) is 0 Å². The van der Waals surface area contributed by atoms with E-state index in [1.54, 1.807) is 6.92 Å². The van der Waals surface area contributed by atoms with E-state index in [0.717, 1.165) is 0 Å². The van der Waals surface area contributed by atoms with Gasteiger partial charge in [-0.15, -0.1) is 33.2 Å². The van der Waals surface area contributed by atoms with Crippen LogP contribution in [0.2, 0.25) is 0 Å². The lowest BCUT2D eigenvalue weighted by Crippen LogP contribution is -2.22. The molecule has 0 aromatic carbocycles. The zero-order chi connectivity index (χ0) is 8.20. The third kappa shape index (κ3) is 6.67. The minimum absolute atomic E-state index is 0.0512. The highest BCUT2D eigenvalue weighted by atomic mass is 35.8. The van der Waals surface area contributed by atoms with E-state index in [1.807, 2.05) is 0 Å². The summed E-state index contributed by atoms with van der Waals surface area (Å²) in [6, 6.07) is -2.76. The Balaban J connectivity index is 3.46. The second-order valence-corrected chi connectivity index (χ2v) is 10.7. The molecule has 6 heteroatoms. The van der Waals surface area contributed by atoms with Crippen molar-refractivity contribution in [2.45, 2.75) is 13.3 Å². The Kier molecular flexibility index (Phi) is 4.69. The molecule has 0 bridgehead atoms. The van der Waals surface area contributed by atoms with Gasteiger partial charge in [0.2, 0.25) is 0 Å². The maximum atomic E-state index is 10.5. The van der Waals surface area contributed by atoms with Gasteiger partial charge in [-0.2, -0.15) is 0 Å². The summed E-state index contributed by atoms with van der Waals surface area (Å²) in [6.07, 6.45) is 0.263. The van der Waals surface area contributed by atoms with Crippen LogP contribution in [-0.2, 0) is 9.53 Å². The van der Waals surface area contributed by atoms with Crippen LogP contribution in [0.25, 0.3) is 0 Å². The first-order valence-corrected chi connectivity index (χ1v) is 7.92. The molecular formula is C4H7Cl3O2Si. The van der Waals surface area contributed by atoms with Gasteiger partial charge in [0.05, 0.1) is 0 Å². The Bertz CT molecular complexity index is 122. The molecule has 0 saturated carbocycles. The lowest BCUT2D eigenvalue weighted by Gasteiger charge is -2.07. The van der Waals surface area contributed by atoms with Gasteiger partial charge in [0, 0.05) is 6.42 Å².